The molecule has 0 spiro atoms. The minimum atomic E-state index is -0.234. The minimum Gasteiger partial charge on any atom is -0.356 e. The lowest BCUT2D eigenvalue weighted by atomic mass is 10.0. The molecule has 4 nitrogen and oxygen atoms in total. The van der Waals surface area contributed by atoms with Crippen LogP contribution in [0.3, 0.4) is 0 Å². The average Bonchev–Trinajstić information content (AvgIpc) is 2.86. The molecule has 2 aromatic carbocycles. The third-order valence-corrected chi connectivity index (χ3v) is 5.31. The molecular weight excluding hydrogens is 301 g/mol. The highest BCUT2D eigenvalue weighted by Gasteiger charge is 2.33. The van der Waals surface area contributed by atoms with E-state index in [2.05, 4.69) is 15.5 Å². The number of carbonyl (C=O) groups excluding carboxylic acids is 1. The molecule has 0 radical (unpaired) electrons. The van der Waals surface area contributed by atoms with Crippen molar-refractivity contribution in [3.05, 3.63) is 36.1 Å². The van der Waals surface area contributed by atoms with Crippen molar-refractivity contribution in [2.45, 2.75) is 10.4 Å². The molecule has 2 N–H and O–H groups in total. The maximum atomic E-state index is 13.3. The van der Waals surface area contributed by atoms with Gasteiger partial charge in [0, 0.05) is 18.0 Å². The van der Waals surface area contributed by atoms with Crippen molar-refractivity contribution in [1.29, 1.82) is 0 Å². The largest absolute Gasteiger partial charge is 0.356 e. The summed E-state index contributed by atoms with van der Waals surface area (Å²) >= 11 is 1.57. The number of hydrogen-bond acceptors (Lipinski definition) is 4. The molecule has 2 aliphatic heterocycles. The van der Waals surface area contributed by atoms with E-state index in [0.717, 1.165) is 34.4 Å². The topological polar surface area (TPSA) is 44.4 Å². The summed E-state index contributed by atoms with van der Waals surface area (Å²) in [5, 5.41) is 8.23. The van der Waals surface area contributed by atoms with Crippen molar-refractivity contribution in [3.8, 4) is 0 Å². The van der Waals surface area contributed by atoms with Crippen molar-refractivity contribution in [1.82, 2.24) is 10.2 Å². The number of thioether (sulfide) groups is 1. The van der Waals surface area contributed by atoms with Crippen molar-refractivity contribution in [2.24, 2.45) is 5.92 Å². The van der Waals surface area contributed by atoms with E-state index in [1.54, 1.807) is 17.8 Å². The fraction of sp³-hybridized carbons (Fsp3) is 0.312. The summed E-state index contributed by atoms with van der Waals surface area (Å²) in [6.07, 6.45) is 0. The maximum absolute atomic E-state index is 13.3. The standard InChI is InChI=1S/C16H16FN3OS/c1-20-7-10(8-20)15(21)19-16-18-13-5-2-9-6-11(17)3-4-12(9)14(13)22-16/h2-6,10,16,18H,7-8H2,1H3,(H,19,21). The van der Waals surface area contributed by atoms with E-state index in [1.165, 1.54) is 12.1 Å². The van der Waals surface area contributed by atoms with Crippen LogP contribution in [0, 0.1) is 11.7 Å². The molecule has 0 aromatic heterocycles. The Hall–Kier alpha value is -1.79. The second-order valence-electron chi connectivity index (χ2n) is 5.88. The van der Waals surface area contributed by atoms with Crippen molar-refractivity contribution >= 4 is 34.1 Å². The van der Waals surface area contributed by atoms with Crippen LogP contribution in [-0.4, -0.2) is 36.4 Å². The van der Waals surface area contributed by atoms with Crippen LogP contribution < -0.4 is 10.6 Å². The van der Waals surface area contributed by atoms with Crippen LogP contribution in [0.4, 0.5) is 10.1 Å². The molecular formula is C16H16FN3OS. The molecule has 0 saturated carbocycles. The van der Waals surface area contributed by atoms with Crippen LogP contribution in [0.15, 0.2) is 35.2 Å². The van der Waals surface area contributed by atoms with Gasteiger partial charge in [0.2, 0.25) is 5.91 Å². The predicted octanol–water partition coefficient (Wildman–Crippen LogP) is 2.46. The zero-order valence-corrected chi connectivity index (χ0v) is 12.9. The molecule has 114 valence electrons. The number of halogens is 1. The van der Waals surface area contributed by atoms with Gasteiger partial charge in [-0.2, -0.15) is 0 Å². The first-order valence-corrected chi connectivity index (χ1v) is 8.12. The van der Waals surface area contributed by atoms with Crippen LogP contribution >= 0.6 is 11.8 Å². The van der Waals surface area contributed by atoms with E-state index in [-0.39, 0.29) is 23.1 Å². The van der Waals surface area contributed by atoms with Gasteiger partial charge in [-0.25, -0.2) is 4.39 Å². The Labute approximate surface area is 132 Å². The number of rotatable bonds is 2. The first-order chi connectivity index (χ1) is 10.6. The molecule has 1 saturated heterocycles. The fourth-order valence-corrected chi connectivity index (χ4v) is 4.14. The number of amides is 1. The number of carbonyl (C=O) groups is 1. The molecule has 1 amide bonds. The van der Waals surface area contributed by atoms with Gasteiger partial charge in [-0.3, -0.25) is 4.79 Å². The Bertz CT molecular complexity index is 760. The number of hydrogen-bond donors (Lipinski definition) is 2. The smallest absolute Gasteiger partial charge is 0.227 e. The minimum absolute atomic E-state index is 0.0851. The van der Waals surface area contributed by atoms with Crippen LogP contribution in [0.1, 0.15) is 0 Å². The number of nitrogens with zero attached hydrogens (tertiary/aromatic N) is 1. The average molecular weight is 317 g/mol. The van der Waals surface area contributed by atoms with E-state index in [1.807, 2.05) is 19.2 Å². The summed E-state index contributed by atoms with van der Waals surface area (Å²) in [5.41, 5.74) is 0.823. The molecule has 2 aliphatic rings. The molecule has 1 unspecified atom stereocenters. The van der Waals surface area contributed by atoms with Gasteiger partial charge < -0.3 is 15.5 Å². The quantitative estimate of drug-likeness (QED) is 0.893. The molecule has 1 fully saturated rings. The second-order valence-corrected chi connectivity index (χ2v) is 6.99. The van der Waals surface area contributed by atoms with Gasteiger partial charge in [0.05, 0.1) is 11.6 Å². The normalized spacial score (nSPS) is 21.3. The SMILES string of the molecule is CN1CC(C(=O)NC2Nc3ccc4cc(F)ccc4c3S2)C1. The summed E-state index contributed by atoms with van der Waals surface area (Å²) in [7, 11) is 2.01. The van der Waals surface area contributed by atoms with E-state index in [9.17, 15) is 9.18 Å². The Morgan fingerprint density at radius 3 is 2.95 bits per heavy atom. The van der Waals surface area contributed by atoms with Gasteiger partial charge in [0.15, 0.2) is 5.50 Å². The number of nitrogens with one attached hydrogen (secondary N) is 2. The fourth-order valence-electron chi connectivity index (χ4n) is 2.98. The Kier molecular flexibility index (Phi) is 3.23. The van der Waals surface area contributed by atoms with Crippen molar-refractivity contribution in [2.75, 3.05) is 25.5 Å². The number of benzene rings is 2. The molecule has 22 heavy (non-hydrogen) atoms. The highest BCUT2D eigenvalue weighted by atomic mass is 32.2. The highest BCUT2D eigenvalue weighted by Crippen LogP contribution is 2.42. The van der Waals surface area contributed by atoms with Gasteiger partial charge in [-0.05, 0) is 36.0 Å². The van der Waals surface area contributed by atoms with E-state index in [0.29, 0.717) is 0 Å². The predicted molar refractivity (Wildman–Crippen MR) is 86.3 cm³/mol. The van der Waals surface area contributed by atoms with E-state index >= 15 is 0 Å². The summed E-state index contributed by atoms with van der Waals surface area (Å²) < 4.78 is 13.3. The molecule has 0 aliphatic carbocycles. The summed E-state index contributed by atoms with van der Waals surface area (Å²) in [6.45, 7) is 1.64. The Morgan fingerprint density at radius 2 is 2.18 bits per heavy atom. The van der Waals surface area contributed by atoms with Gasteiger partial charge in [0.25, 0.3) is 0 Å². The Morgan fingerprint density at radius 1 is 1.36 bits per heavy atom. The summed E-state index contributed by atoms with van der Waals surface area (Å²) in [4.78, 5) is 15.3. The molecule has 2 heterocycles. The third kappa shape index (κ3) is 2.32. The molecule has 0 bridgehead atoms. The van der Waals surface area contributed by atoms with Gasteiger partial charge in [-0.1, -0.05) is 23.9 Å². The highest BCUT2D eigenvalue weighted by molar-refractivity contribution is 8.00. The van der Waals surface area contributed by atoms with Gasteiger partial charge in [-0.15, -0.1) is 0 Å². The monoisotopic (exact) mass is 317 g/mol. The summed E-state index contributed by atoms with van der Waals surface area (Å²) in [6, 6.07) is 8.64. The van der Waals surface area contributed by atoms with Crippen LogP contribution in [0.5, 0.6) is 0 Å². The van der Waals surface area contributed by atoms with Gasteiger partial charge in [0.1, 0.15) is 5.82 Å². The molecule has 4 rings (SSSR count). The third-order valence-electron chi connectivity index (χ3n) is 4.16. The molecule has 6 heteroatoms. The number of likely N-dealkylation sites (tertiary alicyclic amines) is 1. The second kappa shape index (κ2) is 5.14. The van der Waals surface area contributed by atoms with Crippen molar-refractivity contribution < 1.29 is 9.18 Å². The number of fused-ring (bicyclic) bond motifs is 3. The lowest BCUT2D eigenvalue weighted by Gasteiger charge is -2.35. The number of anilines is 1. The summed E-state index contributed by atoms with van der Waals surface area (Å²) in [5.74, 6) is -0.0597. The van der Waals surface area contributed by atoms with Crippen molar-refractivity contribution in [3.63, 3.8) is 0 Å². The van der Waals surface area contributed by atoms with E-state index < -0.39 is 0 Å². The maximum Gasteiger partial charge on any atom is 0.227 e. The zero-order chi connectivity index (χ0) is 15.3. The van der Waals surface area contributed by atoms with Crippen LogP contribution in [0.2, 0.25) is 0 Å². The first kappa shape index (κ1) is 13.8. The molecule has 1 atom stereocenters. The van der Waals surface area contributed by atoms with Gasteiger partial charge >= 0.3 is 0 Å². The zero-order valence-electron chi connectivity index (χ0n) is 12.1. The Balaban J connectivity index is 1.53. The lowest BCUT2D eigenvalue weighted by Crippen LogP contribution is -2.53. The van der Waals surface area contributed by atoms with Crippen LogP contribution in [0.25, 0.3) is 10.8 Å². The lowest BCUT2D eigenvalue weighted by molar-refractivity contribution is -0.129. The van der Waals surface area contributed by atoms with Crippen LogP contribution in [-0.2, 0) is 4.79 Å². The van der Waals surface area contributed by atoms with E-state index in [4.69, 9.17) is 0 Å². The first-order valence-electron chi connectivity index (χ1n) is 7.24. The molecule has 2 aromatic rings.